The highest BCUT2D eigenvalue weighted by Crippen LogP contribution is 2.30. The highest BCUT2D eigenvalue weighted by atomic mass is 35.5. The Labute approximate surface area is 164 Å². The molecule has 142 valence electrons. The zero-order valence-corrected chi connectivity index (χ0v) is 16.4. The van der Waals surface area contributed by atoms with E-state index in [1.54, 1.807) is 30.3 Å². The van der Waals surface area contributed by atoms with Crippen LogP contribution in [0, 0.1) is 0 Å². The van der Waals surface area contributed by atoms with Gasteiger partial charge in [-0.1, -0.05) is 50.6 Å². The van der Waals surface area contributed by atoms with Crippen molar-refractivity contribution in [3.8, 4) is 17.1 Å². The fourth-order valence-corrected chi connectivity index (χ4v) is 3.39. The van der Waals surface area contributed by atoms with Gasteiger partial charge >= 0.3 is 0 Å². The second kappa shape index (κ2) is 9.05. The van der Waals surface area contributed by atoms with Crippen LogP contribution in [-0.2, 0) is 0 Å². The molecule has 5 heteroatoms. The third-order valence-electron chi connectivity index (χ3n) is 4.77. The number of hydrogen-bond acceptors (Lipinski definition) is 3. The van der Waals surface area contributed by atoms with Gasteiger partial charge in [-0.3, -0.25) is 4.79 Å². The zero-order chi connectivity index (χ0) is 19.2. The fourth-order valence-electron chi connectivity index (χ4n) is 3.22. The second-order valence-corrected chi connectivity index (χ2v) is 7.36. The SMILES string of the molecule is CCCCCCCCC(=O)c1ccc(O)c(-c2nc3ccc(Cl)cc3[nH]2)c1. The molecule has 0 aliphatic carbocycles. The molecule has 0 radical (unpaired) electrons. The first-order valence-electron chi connectivity index (χ1n) is 9.60. The van der Waals surface area contributed by atoms with Crippen LogP contribution in [0.4, 0.5) is 0 Å². The first-order valence-corrected chi connectivity index (χ1v) is 9.98. The van der Waals surface area contributed by atoms with Gasteiger partial charge in [0, 0.05) is 17.0 Å². The Morgan fingerprint density at radius 1 is 1.07 bits per heavy atom. The lowest BCUT2D eigenvalue weighted by Gasteiger charge is -2.06. The van der Waals surface area contributed by atoms with Gasteiger partial charge in [-0.05, 0) is 42.8 Å². The van der Waals surface area contributed by atoms with Gasteiger partial charge in [0.05, 0.1) is 16.6 Å². The quantitative estimate of drug-likeness (QED) is 0.326. The summed E-state index contributed by atoms with van der Waals surface area (Å²) >= 11 is 6.02. The fraction of sp³-hybridized carbons (Fsp3) is 0.364. The van der Waals surface area contributed by atoms with Crippen LogP contribution in [0.15, 0.2) is 36.4 Å². The number of imidazole rings is 1. The maximum atomic E-state index is 12.5. The average molecular weight is 385 g/mol. The van der Waals surface area contributed by atoms with E-state index in [0.717, 1.165) is 23.9 Å². The lowest BCUT2D eigenvalue weighted by molar-refractivity contribution is 0.0979. The molecule has 0 aliphatic rings. The number of phenols is 1. The van der Waals surface area contributed by atoms with E-state index in [9.17, 15) is 9.90 Å². The summed E-state index contributed by atoms with van der Waals surface area (Å²) in [5.74, 6) is 0.723. The molecule has 1 heterocycles. The van der Waals surface area contributed by atoms with Crippen molar-refractivity contribution < 1.29 is 9.90 Å². The number of rotatable bonds is 9. The summed E-state index contributed by atoms with van der Waals surface area (Å²) in [5, 5.41) is 10.9. The number of benzene rings is 2. The molecule has 0 aliphatic heterocycles. The molecule has 2 N–H and O–H groups in total. The van der Waals surface area contributed by atoms with Gasteiger partial charge in [-0.25, -0.2) is 4.98 Å². The van der Waals surface area contributed by atoms with Gasteiger partial charge in [0.2, 0.25) is 0 Å². The second-order valence-electron chi connectivity index (χ2n) is 6.92. The number of H-pyrrole nitrogens is 1. The molecule has 0 fully saturated rings. The van der Waals surface area contributed by atoms with Crippen molar-refractivity contribution in [3.05, 3.63) is 47.0 Å². The lowest BCUT2D eigenvalue weighted by atomic mass is 10.0. The number of carbonyl (C=O) groups excluding carboxylic acids is 1. The molecule has 0 bridgehead atoms. The third-order valence-corrected chi connectivity index (χ3v) is 5.01. The zero-order valence-electron chi connectivity index (χ0n) is 15.6. The summed E-state index contributed by atoms with van der Waals surface area (Å²) < 4.78 is 0. The Bertz CT molecular complexity index is 933. The Morgan fingerprint density at radius 3 is 2.67 bits per heavy atom. The summed E-state index contributed by atoms with van der Waals surface area (Å²) in [6.45, 7) is 2.20. The van der Waals surface area contributed by atoms with E-state index in [1.807, 2.05) is 6.07 Å². The molecule has 1 aromatic heterocycles. The molecular formula is C22H25ClN2O2. The molecule has 3 rings (SSSR count). The summed E-state index contributed by atoms with van der Waals surface area (Å²) in [6.07, 6.45) is 7.43. The van der Waals surface area contributed by atoms with Gasteiger partial charge in [-0.15, -0.1) is 0 Å². The Kier molecular flexibility index (Phi) is 6.51. The normalized spacial score (nSPS) is 11.2. The minimum absolute atomic E-state index is 0.0938. The number of nitrogens with one attached hydrogen (secondary N) is 1. The standard InChI is InChI=1S/C22H25ClN2O2/c1-2-3-4-5-6-7-8-20(26)15-9-12-21(27)17(13-15)22-24-18-11-10-16(23)14-19(18)25-22/h9-14,27H,2-8H2,1H3,(H,24,25). The van der Waals surface area contributed by atoms with Crippen molar-refractivity contribution in [3.63, 3.8) is 0 Å². The largest absolute Gasteiger partial charge is 0.507 e. The van der Waals surface area contributed by atoms with E-state index >= 15 is 0 Å². The first-order chi connectivity index (χ1) is 13.1. The first kappa shape index (κ1) is 19.4. The lowest BCUT2D eigenvalue weighted by Crippen LogP contribution is -1.99. The van der Waals surface area contributed by atoms with Crippen LogP contribution in [0.2, 0.25) is 5.02 Å². The van der Waals surface area contributed by atoms with Gasteiger partial charge < -0.3 is 10.1 Å². The number of Topliss-reactive ketones (excluding diaryl/α,β-unsaturated/α-hetero) is 1. The van der Waals surface area contributed by atoms with Crippen LogP contribution in [0.1, 0.15) is 62.2 Å². The molecule has 0 spiro atoms. The van der Waals surface area contributed by atoms with E-state index in [4.69, 9.17) is 11.6 Å². The van der Waals surface area contributed by atoms with Gasteiger partial charge in [0.1, 0.15) is 11.6 Å². The number of fused-ring (bicyclic) bond motifs is 1. The van der Waals surface area contributed by atoms with Gasteiger partial charge in [-0.2, -0.15) is 0 Å². The van der Waals surface area contributed by atoms with Crippen molar-refractivity contribution in [2.75, 3.05) is 0 Å². The predicted octanol–water partition coefficient (Wildman–Crippen LogP) is 6.52. The van der Waals surface area contributed by atoms with E-state index in [1.165, 1.54) is 25.7 Å². The maximum Gasteiger partial charge on any atom is 0.162 e. The molecule has 3 aromatic rings. The van der Waals surface area contributed by atoms with Crippen molar-refractivity contribution >= 4 is 28.4 Å². The number of halogens is 1. The Hall–Kier alpha value is -2.33. The Morgan fingerprint density at radius 2 is 1.85 bits per heavy atom. The number of aromatic nitrogens is 2. The van der Waals surface area contributed by atoms with E-state index in [0.29, 0.717) is 28.4 Å². The molecule has 0 atom stereocenters. The number of hydrogen-bond donors (Lipinski definition) is 2. The molecule has 0 saturated heterocycles. The van der Waals surface area contributed by atoms with Crippen LogP contribution in [0.5, 0.6) is 5.75 Å². The number of aromatic hydroxyl groups is 1. The highest BCUT2D eigenvalue weighted by molar-refractivity contribution is 6.31. The number of carbonyl (C=O) groups is 1. The predicted molar refractivity (Wildman–Crippen MR) is 111 cm³/mol. The number of aromatic amines is 1. The Balaban J connectivity index is 1.72. The number of unbranched alkanes of at least 4 members (excludes halogenated alkanes) is 5. The summed E-state index contributed by atoms with van der Waals surface area (Å²) in [7, 11) is 0. The minimum Gasteiger partial charge on any atom is -0.507 e. The van der Waals surface area contributed by atoms with E-state index in [-0.39, 0.29) is 11.5 Å². The van der Waals surface area contributed by atoms with Crippen LogP contribution in [0.3, 0.4) is 0 Å². The molecule has 0 unspecified atom stereocenters. The molecule has 4 nitrogen and oxygen atoms in total. The van der Waals surface area contributed by atoms with Crippen LogP contribution >= 0.6 is 11.6 Å². The van der Waals surface area contributed by atoms with Gasteiger partial charge in [0.15, 0.2) is 5.78 Å². The van der Waals surface area contributed by atoms with Crippen molar-refractivity contribution in [2.45, 2.75) is 51.9 Å². The van der Waals surface area contributed by atoms with Crippen LogP contribution in [0.25, 0.3) is 22.4 Å². The number of nitrogens with zero attached hydrogens (tertiary/aromatic N) is 1. The number of phenolic OH excluding ortho intramolecular Hbond substituents is 1. The molecule has 0 amide bonds. The average Bonchev–Trinajstić information content (AvgIpc) is 3.07. The maximum absolute atomic E-state index is 12.5. The van der Waals surface area contributed by atoms with Crippen LogP contribution < -0.4 is 0 Å². The summed E-state index contributed by atoms with van der Waals surface area (Å²) in [6, 6.07) is 10.3. The molecule has 27 heavy (non-hydrogen) atoms. The molecule has 2 aromatic carbocycles. The summed E-state index contributed by atoms with van der Waals surface area (Å²) in [4.78, 5) is 20.2. The highest BCUT2D eigenvalue weighted by Gasteiger charge is 2.14. The van der Waals surface area contributed by atoms with Crippen molar-refractivity contribution in [1.29, 1.82) is 0 Å². The van der Waals surface area contributed by atoms with Crippen molar-refractivity contribution in [2.24, 2.45) is 0 Å². The topological polar surface area (TPSA) is 66.0 Å². The monoisotopic (exact) mass is 384 g/mol. The minimum atomic E-state index is 0.0938. The molecular weight excluding hydrogens is 360 g/mol. The summed E-state index contributed by atoms with van der Waals surface area (Å²) in [5.41, 5.74) is 2.68. The van der Waals surface area contributed by atoms with Gasteiger partial charge in [0.25, 0.3) is 0 Å². The smallest absolute Gasteiger partial charge is 0.162 e. The van der Waals surface area contributed by atoms with E-state index in [2.05, 4.69) is 16.9 Å². The number of ketones is 1. The third kappa shape index (κ3) is 4.89. The van der Waals surface area contributed by atoms with Crippen molar-refractivity contribution in [1.82, 2.24) is 9.97 Å². The van der Waals surface area contributed by atoms with E-state index < -0.39 is 0 Å². The van der Waals surface area contributed by atoms with Crippen LogP contribution in [-0.4, -0.2) is 20.9 Å². The molecule has 0 saturated carbocycles.